The van der Waals surface area contributed by atoms with Crippen LogP contribution in [0.5, 0.6) is 0 Å². The van der Waals surface area contributed by atoms with E-state index in [9.17, 15) is 0 Å². The van der Waals surface area contributed by atoms with Gasteiger partial charge in [-0.15, -0.1) is 0 Å². The molecule has 76 valence electrons. The normalized spacial score (nSPS) is 27.5. The Morgan fingerprint density at radius 1 is 1.15 bits per heavy atom. The van der Waals surface area contributed by atoms with Gasteiger partial charge in [0, 0.05) is 0 Å². The number of halogens is 3. The van der Waals surface area contributed by atoms with Gasteiger partial charge in [0.2, 0.25) is 0 Å². The number of thioether (sulfide) groups is 2. The van der Waals surface area contributed by atoms with Gasteiger partial charge < -0.3 is 0 Å². The van der Waals surface area contributed by atoms with E-state index in [1.807, 2.05) is 23.5 Å². The molecule has 0 aromatic rings. The summed E-state index contributed by atoms with van der Waals surface area (Å²) in [5, 5.41) is 0. The second-order valence-electron chi connectivity index (χ2n) is 3.04. The van der Waals surface area contributed by atoms with E-state index in [4.69, 9.17) is 5.73 Å². The molecule has 13 heavy (non-hydrogen) atoms. The van der Waals surface area contributed by atoms with E-state index in [2.05, 4.69) is 37.2 Å². The van der Waals surface area contributed by atoms with Gasteiger partial charge in [0.15, 0.2) is 0 Å². The van der Waals surface area contributed by atoms with Crippen molar-refractivity contribution in [3.63, 3.8) is 0 Å². The van der Waals surface area contributed by atoms with Crippen LogP contribution in [-0.4, -0.2) is 2.21 Å². The summed E-state index contributed by atoms with van der Waals surface area (Å²) in [6.07, 6.45) is 5.34. The van der Waals surface area contributed by atoms with Crippen LogP contribution < -0.4 is 5.73 Å². The van der Waals surface area contributed by atoms with Crippen LogP contribution in [0.3, 0.4) is 0 Å². The van der Waals surface area contributed by atoms with Gasteiger partial charge in [0.1, 0.15) is 0 Å². The summed E-state index contributed by atoms with van der Waals surface area (Å²) in [6, 6.07) is 0. The van der Waals surface area contributed by atoms with Crippen molar-refractivity contribution < 1.29 is 0 Å². The average molecular weight is 553 g/mol. The number of hydrogen-bond donors (Lipinski definition) is 1. The van der Waals surface area contributed by atoms with Gasteiger partial charge in [-0.05, 0) is 0 Å². The molecule has 1 aliphatic heterocycles. The summed E-state index contributed by atoms with van der Waals surface area (Å²) in [5.41, 5.74) is 6.40. The van der Waals surface area contributed by atoms with E-state index in [0.717, 1.165) is 0 Å². The fourth-order valence-corrected chi connectivity index (χ4v) is 13.5. The fraction of sp³-hybridized carbons (Fsp3) is 0.714. The third-order valence-electron chi connectivity index (χ3n) is 2.09. The van der Waals surface area contributed by atoms with Crippen molar-refractivity contribution in [3.8, 4) is 0 Å². The third-order valence-corrected chi connectivity index (χ3v) is 25.3. The zero-order chi connectivity index (χ0) is 9.47. The summed E-state index contributed by atoms with van der Waals surface area (Å²) in [7, 11) is 0. The molecule has 0 aromatic heterocycles. The van der Waals surface area contributed by atoms with Crippen molar-refractivity contribution in [1.82, 2.24) is 0 Å². The van der Waals surface area contributed by atoms with E-state index in [1.165, 1.54) is 25.7 Å². The molecule has 0 fully saturated rings. The Balaban J connectivity index is 2.13. The summed E-state index contributed by atoms with van der Waals surface area (Å²) >= 11 is 8.15. The van der Waals surface area contributed by atoms with E-state index >= 15 is 0 Å². The van der Waals surface area contributed by atoms with Crippen LogP contribution in [0, 0.1) is 0 Å². The number of rotatable bonds is 1. The maximum absolute atomic E-state index is 6.40. The summed E-state index contributed by atoms with van der Waals surface area (Å²) < 4.78 is 0.0695. The van der Waals surface area contributed by atoms with Gasteiger partial charge in [0.05, 0.1) is 0 Å². The van der Waals surface area contributed by atoms with Crippen molar-refractivity contribution in [2.75, 3.05) is 0 Å². The molecule has 1 aliphatic carbocycles. The van der Waals surface area contributed by atoms with Gasteiger partial charge in [-0.3, -0.25) is 0 Å². The third kappa shape index (κ3) is 2.64. The Labute approximate surface area is 114 Å². The Kier molecular flexibility index (Phi) is 4.49. The second-order valence-corrected chi connectivity index (χ2v) is 31.7. The van der Waals surface area contributed by atoms with Crippen LogP contribution in [0.2, 0.25) is 0 Å². The first-order valence-electron chi connectivity index (χ1n) is 4.04. The van der Waals surface area contributed by atoms with Crippen LogP contribution >= 0.6 is 72.6 Å². The first-order chi connectivity index (χ1) is 6.12. The SMILES string of the molecule is NC1(I(I)I)SC2=C(CCCC2)S1. The van der Waals surface area contributed by atoms with Gasteiger partial charge >= 0.3 is 116 Å². The molecular weight excluding hydrogens is 543 g/mol. The molecule has 0 bridgehead atoms. The Hall–Kier alpha value is 2.59. The van der Waals surface area contributed by atoms with Crippen LogP contribution in [0.25, 0.3) is 0 Å². The van der Waals surface area contributed by atoms with Gasteiger partial charge in [-0.1, -0.05) is 0 Å². The molecule has 1 heterocycles. The van der Waals surface area contributed by atoms with Crippen molar-refractivity contribution in [2.45, 2.75) is 27.9 Å². The summed E-state index contributed by atoms with van der Waals surface area (Å²) in [5.74, 6) is 0. The van der Waals surface area contributed by atoms with Crippen molar-refractivity contribution in [1.29, 1.82) is 0 Å². The van der Waals surface area contributed by atoms with E-state index in [1.54, 1.807) is 9.81 Å². The van der Waals surface area contributed by atoms with Gasteiger partial charge in [-0.2, -0.15) is 0 Å². The Morgan fingerprint density at radius 3 is 2.00 bits per heavy atom. The molecule has 6 heteroatoms. The molecule has 0 saturated carbocycles. The molecule has 2 aliphatic rings. The maximum atomic E-state index is 6.40. The van der Waals surface area contributed by atoms with Gasteiger partial charge in [0.25, 0.3) is 0 Å². The van der Waals surface area contributed by atoms with Crippen molar-refractivity contribution >= 4 is 72.6 Å². The zero-order valence-electron chi connectivity index (χ0n) is 6.86. The monoisotopic (exact) mass is 553 g/mol. The van der Waals surface area contributed by atoms with Crippen LogP contribution in [-0.2, 0) is 0 Å². The number of alkyl halides is 1. The Morgan fingerprint density at radius 2 is 1.62 bits per heavy atom. The van der Waals surface area contributed by atoms with E-state index < -0.39 is 11.9 Å². The molecule has 0 radical (unpaired) electrons. The predicted molar refractivity (Wildman–Crippen MR) is 89.7 cm³/mol. The molecule has 2 rings (SSSR count). The van der Waals surface area contributed by atoms with Crippen LogP contribution in [0.4, 0.5) is 0 Å². The predicted octanol–water partition coefficient (Wildman–Crippen LogP) is 5.03. The number of allylic oxidation sites excluding steroid dienone is 2. The molecule has 0 atom stereocenters. The minimum atomic E-state index is -0.980. The quantitative estimate of drug-likeness (QED) is 0.281. The number of hydrogen-bond acceptors (Lipinski definition) is 3. The molecule has 0 spiro atoms. The van der Waals surface area contributed by atoms with Gasteiger partial charge in [-0.25, -0.2) is 0 Å². The number of nitrogens with two attached hydrogens (primary N) is 1. The molecule has 2 N–H and O–H groups in total. The standard InChI is InChI=1S/C7H10I3NS2/c8-10(9)7(11)12-5-3-1-2-4-6(5)13-7/h1-4,11H2. The molecule has 0 amide bonds. The second kappa shape index (κ2) is 4.84. The molecule has 0 unspecified atom stereocenters. The average Bonchev–Trinajstić information content (AvgIpc) is 2.42. The van der Waals surface area contributed by atoms with Crippen LogP contribution in [0.1, 0.15) is 25.7 Å². The molecule has 0 aromatic carbocycles. The summed E-state index contributed by atoms with van der Waals surface area (Å²) in [4.78, 5) is 3.24. The molecular formula is C7H10I3NS2. The Bertz CT molecular complexity index is 236. The molecule has 1 nitrogen and oxygen atoms in total. The zero-order valence-corrected chi connectivity index (χ0v) is 15.0. The first kappa shape index (κ1) is 12.1. The fourth-order valence-electron chi connectivity index (χ4n) is 1.48. The topological polar surface area (TPSA) is 26.0 Å². The van der Waals surface area contributed by atoms with Crippen LogP contribution in [0.15, 0.2) is 9.81 Å². The van der Waals surface area contributed by atoms with Crippen molar-refractivity contribution in [2.24, 2.45) is 5.73 Å². The molecule has 0 saturated heterocycles. The first-order valence-corrected chi connectivity index (χ1v) is 19.3. The van der Waals surface area contributed by atoms with E-state index in [0.29, 0.717) is 0 Å². The van der Waals surface area contributed by atoms with E-state index in [-0.39, 0.29) is 2.21 Å². The summed E-state index contributed by atoms with van der Waals surface area (Å²) in [6.45, 7) is 0. The minimum absolute atomic E-state index is 0.0695. The van der Waals surface area contributed by atoms with Crippen molar-refractivity contribution in [3.05, 3.63) is 9.81 Å².